The van der Waals surface area contributed by atoms with E-state index in [1.165, 1.54) is 0 Å². The fourth-order valence-electron chi connectivity index (χ4n) is 4.25. The molecule has 2 heterocycles. The summed E-state index contributed by atoms with van der Waals surface area (Å²) in [4.78, 5) is 26.2. The Hall–Kier alpha value is -4.25. The fraction of sp³-hybridized carbons (Fsp3) is 0.269. The highest BCUT2D eigenvalue weighted by Crippen LogP contribution is 2.42. The maximum atomic E-state index is 13.2. The molecular weight excluding hydrogens is 432 g/mol. The minimum absolute atomic E-state index is 0.104. The van der Waals surface area contributed by atoms with Gasteiger partial charge in [-0.15, -0.1) is 6.42 Å². The molecule has 0 saturated heterocycles. The van der Waals surface area contributed by atoms with Crippen LogP contribution in [-0.4, -0.2) is 40.9 Å². The summed E-state index contributed by atoms with van der Waals surface area (Å²) in [5.74, 6) is 2.91. The molecule has 1 aliphatic rings. The smallest absolute Gasteiger partial charge is 0.251 e. The summed E-state index contributed by atoms with van der Waals surface area (Å²) in [6.07, 6.45) is 5.34. The highest BCUT2D eigenvalue weighted by molar-refractivity contribution is 6.03. The summed E-state index contributed by atoms with van der Waals surface area (Å²) < 4.78 is 13.1. The number of carbonyl (C=O) groups excluding carboxylic acids is 2. The van der Waals surface area contributed by atoms with E-state index < -0.39 is 12.0 Å². The fourth-order valence-corrected chi connectivity index (χ4v) is 4.25. The minimum atomic E-state index is -0.866. The lowest BCUT2D eigenvalue weighted by molar-refractivity contribution is -0.118. The zero-order valence-electron chi connectivity index (χ0n) is 19.3. The van der Waals surface area contributed by atoms with Crippen molar-refractivity contribution in [1.29, 1.82) is 0 Å². The number of nitrogens with zero attached hydrogens (tertiary/aromatic N) is 2. The lowest BCUT2D eigenvalue weighted by atomic mass is 9.81. The number of hydrogen-bond acceptors (Lipinski definition) is 5. The van der Waals surface area contributed by atoms with Crippen molar-refractivity contribution < 1.29 is 19.1 Å². The van der Waals surface area contributed by atoms with Crippen LogP contribution in [0.25, 0.3) is 0 Å². The van der Waals surface area contributed by atoms with Gasteiger partial charge in [0.2, 0.25) is 5.91 Å². The van der Waals surface area contributed by atoms with Gasteiger partial charge < -0.3 is 20.1 Å². The summed E-state index contributed by atoms with van der Waals surface area (Å²) >= 11 is 0. The largest absolute Gasteiger partial charge is 0.490 e. The van der Waals surface area contributed by atoms with Gasteiger partial charge in [0.15, 0.2) is 11.5 Å². The third-order valence-electron chi connectivity index (χ3n) is 5.70. The molecule has 2 amide bonds. The van der Waals surface area contributed by atoms with Crippen molar-refractivity contribution >= 4 is 17.6 Å². The van der Waals surface area contributed by atoms with Crippen molar-refractivity contribution in [2.75, 3.05) is 18.5 Å². The number of rotatable bonds is 7. The summed E-state index contributed by atoms with van der Waals surface area (Å²) in [6.45, 7) is 4.28. The van der Waals surface area contributed by atoms with E-state index in [9.17, 15) is 9.59 Å². The normalized spacial score (nSPS) is 16.7. The van der Waals surface area contributed by atoms with Gasteiger partial charge in [0.05, 0.1) is 12.3 Å². The molecule has 0 spiro atoms. The van der Waals surface area contributed by atoms with Gasteiger partial charge in [0, 0.05) is 24.1 Å². The van der Waals surface area contributed by atoms with Gasteiger partial charge in [0.25, 0.3) is 5.91 Å². The molecule has 0 radical (unpaired) electrons. The molecule has 34 heavy (non-hydrogen) atoms. The molecule has 2 aromatic carbocycles. The molecule has 1 aromatic heterocycles. The highest BCUT2D eigenvalue weighted by atomic mass is 16.5. The van der Waals surface area contributed by atoms with E-state index >= 15 is 0 Å². The van der Waals surface area contributed by atoms with Crippen LogP contribution in [0.2, 0.25) is 0 Å². The number of nitrogens with one attached hydrogen (secondary N) is 2. The number of ether oxygens (including phenoxy) is 2. The number of aryl methyl sites for hydroxylation is 2. The second-order valence-electron chi connectivity index (χ2n) is 7.89. The van der Waals surface area contributed by atoms with Crippen LogP contribution in [0.15, 0.2) is 48.5 Å². The van der Waals surface area contributed by atoms with E-state index in [-0.39, 0.29) is 18.4 Å². The van der Waals surface area contributed by atoms with Crippen LogP contribution in [0.4, 0.5) is 5.82 Å². The molecule has 2 N–H and O–H groups in total. The molecule has 0 aliphatic carbocycles. The molecule has 8 nitrogen and oxygen atoms in total. The molecule has 0 unspecified atom stereocenters. The first-order valence-electron chi connectivity index (χ1n) is 11.0. The van der Waals surface area contributed by atoms with Gasteiger partial charge in [0.1, 0.15) is 18.5 Å². The summed E-state index contributed by atoms with van der Waals surface area (Å²) in [5, 5.41) is 10.3. The molecule has 174 valence electrons. The van der Waals surface area contributed by atoms with Crippen molar-refractivity contribution in [3.8, 4) is 23.8 Å². The summed E-state index contributed by atoms with van der Waals surface area (Å²) in [5.41, 5.74) is 2.84. The van der Waals surface area contributed by atoms with Gasteiger partial charge >= 0.3 is 0 Å². The predicted molar refractivity (Wildman–Crippen MR) is 128 cm³/mol. The molecule has 4 rings (SSSR count). The Labute approximate surface area is 198 Å². The van der Waals surface area contributed by atoms with Crippen LogP contribution >= 0.6 is 0 Å². The number of anilines is 1. The SMILES string of the molecule is C#CCOc1ccc([C@@H]2c3c(C)nn(C)c3NC(=O)[C@H]2NC(=O)c2ccccc2)cc1OCC. The number of carbonyl (C=O) groups is 2. The maximum Gasteiger partial charge on any atom is 0.251 e. The topological polar surface area (TPSA) is 94.5 Å². The van der Waals surface area contributed by atoms with Gasteiger partial charge in [-0.2, -0.15) is 5.10 Å². The molecule has 0 fully saturated rings. The number of hydrogen-bond donors (Lipinski definition) is 2. The quantitative estimate of drug-likeness (QED) is 0.531. The maximum absolute atomic E-state index is 13.2. The second-order valence-corrected chi connectivity index (χ2v) is 7.89. The summed E-state index contributed by atoms with van der Waals surface area (Å²) in [7, 11) is 1.77. The zero-order chi connectivity index (χ0) is 24.2. The first kappa shape index (κ1) is 22.9. The van der Waals surface area contributed by atoms with Crippen LogP contribution in [0.3, 0.4) is 0 Å². The molecule has 1 aliphatic heterocycles. The first-order chi connectivity index (χ1) is 16.4. The van der Waals surface area contributed by atoms with Gasteiger partial charge in [-0.25, -0.2) is 0 Å². The van der Waals surface area contributed by atoms with E-state index in [1.807, 2.05) is 32.0 Å². The molecule has 3 aromatic rings. The van der Waals surface area contributed by atoms with E-state index in [4.69, 9.17) is 15.9 Å². The lowest BCUT2D eigenvalue weighted by Crippen LogP contribution is -2.50. The third kappa shape index (κ3) is 4.33. The van der Waals surface area contributed by atoms with Crippen molar-refractivity contribution in [2.45, 2.75) is 25.8 Å². The minimum Gasteiger partial charge on any atom is -0.490 e. The Balaban J connectivity index is 1.80. The third-order valence-corrected chi connectivity index (χ3v) is 5.70. The van der Waals surface area contributed by atoms with Crippen molar-refractivity contribution in [2.24, 2.45) is 7.05 Å². The van der Waals surface area contributed by atoms with Crippen molar-refractivity contribution in [3.63, 3.8) is 0 Å². The van der Waals surface area contributed by atoms with Crippen LogP contribution in [0, 0.1) is 19.3 Å². The standard InChI is InChI=1S/C26H26N4O4/c1-5-14-34-19-13-12-18(15-20(19)33-6-2)22-21-16(3)29-30(4)24(21)28-26(32)23(22)27-25(31)17-10-8-7-9-11-17/h1,7-13,15,22-23H,6,14H2,2-4H3,(H,27,31)(H,28,32)/t22-,23+/m1/s1. The Kier molecular flexibility index (Phi) is 6.55. The first-order valence-corrected chi connectivity index (χ1v) is 11.0. The monoisotopic (exact) mass is 458 g/mol. The Morgan fingerprint density at radius 1 is 1.21 bits per heavy atom. The van der Waals surface area contributed by atoms with Crippen LogP contribution < -0.4 is 20.1 Å². The zero-order valence-corrected chi connectivity index (χ0v) is 19.3. The molecular formula is C26H26N4O4. The van der Waals surface area contributed by atoms with Crippen LogP contribution in [0.5, 0.6) is 11.5 Å². The Morgan fingerprint density at radius 3 is 2.68 bits per heavy atom. The number of fused-ring (bicyclic) bond motifs is 1. The average Bonchev–Trinajstić information content (AvgIpc) is 3.12. The number of amides is 2. The second kappa shape index (κ2) is 9.71. The molecule has 0 bridgehead atoms. The number of benzene rings is 2. The average molecular weight is 459 g/mol. The molecule has 2 atom stereocenters. The summed E-state index contributed by atoms with van der Waals surface area (Å²) in [6, 6.07) is 13.4. The van der Waals surface area contributed by atoms with Crippen LogP contribution in [0.1, 0.15) is 40.0 Å². The molecule has 8 heteroatoms. The highest BCUT2D eigenvalue weighted by Gasteiger charge is 2.41. The predicted octanol–water partition coefficient (Wildman–Crippen LogP) is 3.02. The van der Waals surface area contributed by atoms with Crippen molar-refractivity contribution in [3.05, 3.63) is 70.9 Å². The Bertz CT molecular complexity index is 1260. The van der Waals surface area contributed by atoms with E-state index in [0.29, 0.717) is 29.5 Å². The van der Waals surface area contributed by atoms with Crippen molar-refractivity contribution in [1.82, 2.24) is 15.1 Å². The molecule has 0 saturated carbocycles. The number of aromatic nitrogens is 2. The van der Waals surface area contributed by atoms with E-state index in [1.54, 1.807) is 42.1 Å². The van der Waals surface area contributed by atoms with Crippen LogP contribution in [-0.2, 0) is 11.8 Å². The van der Waals surface area contributed by atoms with E-state index in [2.05, 4.69) is 21.7 Å². The number of terminal acetylenes is 1. The Morgan fingerprint density at radius 2 is 1.97 bits per heavy atom. The van der Waals surface area contributed by atoms with Gasteiger partial charge in [-0.1, -0.05) is 30.2 Å². The lowest BCUT2D eigenvalue weighted by Gasteiger charge is -2.33. The van der Waals surface area contributed by atoms with E-state index in [0.717, 1.165) is 16.8 Å². The van der Waals surface area contributed by atoms with Gasteiger partial charge in [-0.3, -0.25) is 14.3 Å². The van der Waals surface area contributed by atoms with Gasteiger partial charge in [-0.05, 0) is 43.7 Å².